The molecule has 1 atom stereocenters. The highest BCUT2D eigenvalue weighted by molar-refractivity contribution is 7.92. The third kappa shape index (κ3) is 2.58. The zero-order chi connectivity index (χ0) is 15.2. The molecule has 0 aromatic heterocycles. The summed E-state index contributed by atoms with van der Waals surface area (Å²) < 4.78 is 24.1. The van der Waals surface area contributed by atoms with Crippen LogP contribution in [0.1, 0.15) is 35.2 Å². The van der Waals surface area contributed by atoms with Crippen LogP contribution in [0, 0.1) is 0 Å². The zero-order valence-corrected chi connectivity index (χ0v) is 12.8. The van der Waals surface area contributed by atoms with Crippen molar-refractivity contribution in [3.05, 3.63) is 28.3 Å². The fraction of sp³-hybridized carbons (Fsp3) is 0.429. The fourth-order valence-corrected chi connectivity index (χ4v) is 4.99. The number of carbonyl (C=O) groups is 2. The molecular formula is C14H14ClNO4S. The molecule has 5 nitrogen and oxygen atoms in total. The van der Waals surface area contributed by atoms with Gasteiger partial charge in [-0.15, -0.1) is 0 Å². The van der Waals surface area contributed by atoms with Gasteiger partial charge in [-0.2, -0.15) is 0 Å². The van der Waals surface area contributed by atoms with Gasteiger partial charge in [0.15, 0.2) is 15.6 Å². The number of fused-ring (bicyclic) bond motifs is 1. The fourth-order valence-electron chi connectivity index (χ4n) is 2.86. The minimum absolute atomic E-state index is 0.0476. The second kappa shape index (κ2) is 5.10. The molecule has 7 heteroatoms. The predicted octanol–water partition coefficient (Wildman–Crippen LogP) is 1.98. The van der Waals surface area contributed by atoms with Crippen LogP contribution in [0.5, 0.6) is 0 Å². The molecule has 0 spiro atoms. The Labute approximate surface area is 127 Å². The van der Waals surface area contributed by atoms with Crippen molar-refractivity contribution in [1.29, 1.82) is 0 Å². The molecule has 1 N–H and O–H groups in total. The first-order chi connectivity index (χ1) is 9.88. The summed E-state index contributed by atoms with van der Waals surface area (Å²) in [5.74, 6) is -0.566. The van der Waals surface area contributed by atoms with E-state index in [1.54, 1.807) is 6.07 Å². The molecule has 0 saturated carbocycles. The Morgan fingerprint density at radius 1 is 1.29 bits per heavy atom. The molecule has 1 amide bonds. The number of nitrogens with one attached hydrogen (secondary N) is 1. The van der Waals surface area contributed by atoms with E-state index in [-0.39, 0.29) is 28.7 Å². The summed E-state index contributed by atoms with van der Waals surface area (Å²) in [6, 6.07) is 3.06. The number of Topliss-reactive ketones (excluding diaryl/α,β-unsaturated/α-hetero) is 1. The molecule has 0 aliphatic carbocycles. The standard InChI is InChI=1S/C14H14ClNO4S/c15-10-7-11-8(6-13(17)16-11)5-9(10)14(18)12-3-1-2-4-21(12,19)20/h5,7,12H,1-4,6H2,(H,16,17). The van der Waals surface area contributed by atoms with Crippen molar-refractivity contribution in [2.45, 2.75) is 30.9 Å². The van der Waals surface area contributed by atoms with Crippen LogP contribution in [0.3, 0.4) is 0 Å². The maximum atomic E-state index is 12.5. The molecule has 1 aromatic carbocycles. The lowest BCUT2D eigenvalue weighted by atomic mass is 10.0. The monoisotopic (exact) mass is 327 g/mol. The van der Waals surface area contributed by atoms with E-state index in [0.29, 0.717) is 24.1 Å². The lowest BCUT2D eigenvalue weighted by molar-refractivity contribution is -0.115. The molecule has 1 fully saturated rings. The van der Waals surface area contributed by atoms with Crippen LogP contribution in [0.2, 0.25) is 5.02 Å². The lowest BCUT2D eigenvalue weighted by Gasteiger charge is -2.21. The van der Waals surface area contributed by atoms with Gasteiger partial charge >= 0.3 is 0 Å². The summed E-state index contributed by atoms with van der Waals surface area (Å²) in [5.41, 5.74) is 1.47. The Hall–Kier alpha value is -1.40. The van der Waals surface area contributed by atoms with Crippen molar-refractivity contribution in [3.63, 3.8) is 0 Å². The second-order valence-corrected chi connectivity index (χ2v) is 8.14. The Kier molecular flexibility index (Phi) is 3.53. The number of hydrogen-bond acceptors (Lipinski definition) is 4. The van der Waals surface area contributed by atoms with Crippen LogP contribution >= 0.6 is 11.6 Å². The van der Waals surface area contributed by atoms with E-state index in [0.717, 1.165) is 6.42 Å². The largest absolute Gasteiger partial charge is 0.325 e. The summed E-state index contributed by atoms with van der Waals surface area (Å²) in [4.78, 5) is 23.9. The van der Waals surface area contributed by atoms with Crippen molar-refractivity contribution < 1.29 is 18.0 Å². The van der Waals surface area contributed by atoms with Gasteiger partial charge < -0.3 is 5.32 Å². The summed E-state index contributed by atoms with van der Waals surface area (Å²) in [5, 5.41) is 1.82. The van der Waals surface area contributed by atoms with E-state index >= 15 is 0 Å². The molecule has 2 aliphatic heterocycles. The van der Waals surface area contributed by atoms with Crippen LogP contribution in [0.15, 0.2) is 12.1 Å². The SMILES string of the molecule is O=C1Cc2cc(C(=O)C3CCCCS3(=O)=O)c(Cl)cc2N1. The molecule has 0 bridgehead atoms. The molecule has 21 heavy (non-hydrogen) atoms. The number of amides is 1. The van der Waals surface area contributed by atoms with Crippen molar-refractivity contribution >= 4 is 38.8 Å². The molecule has 1 saturated heterocycles. The molecule has 1 aromatic rings. The van der Waals surface area contributed by atoms with Gasteiger partial charge in [-0.25, -0.2) is 8.42 Å². The predicted molar refractivity (Wildman–Crippen MR) is 79.5 cm³/mol. The van der Waals surface area contributed by atoms with E-state index in [1.807, 2.05) is 0 Å². The summed E-state index contributed by atoms with van der Waals surface area (Å²) in [7, 11) is -3.40. The maximum absolute atomic E-state index is 12.5. The van der Waals surface area contributed by atoms with Crippen LogP contribution in [0.4, 0.5) is 5.69 Å². The van der Waals surface area contributed by atoms with Crippen molar-refractivity contribution in [2.75, 3.05) is 11.1 Å². The Balaban J connectivity index is 1.99. The number of anilines is 1. The molecule has 3 rings (SSSR count). The van der Waals surface area contributed by atoms with Crippen LogP contribution in [-0.2, 0) is 21.1 Å². The molecule has 2 heterocycles. The van der Waals surface area contributed by atoms with E-state index in [4.69, 9.17) is 11.6 Å². The first-order valence-electron chi connectivity index (χ1n) is 6.76. The van der Waals surface area contributed by atoms with Crippen LogP contribution in [0.25, 0.3) is 0 Å². The maximum Gasteiger partial charge on any atom is 0.228 e. The normalized spacial score (nSPS) is 23.5. The molecule has 2 aliphatic rings. The van der Waals surface area contributed by atoms with E-state index in [9.17, 15) is 18.0 Å². The van der Waals surface area contributed by atoms with Crippen molar-refractivity contribution in [2.24, 2.45) is 0 Å². The first-order valence-corrected chi connectivity index (χ1v) is 8.86. The Morgan fingerprint density at radius 2 is 2.05 bits per heavy atom. The van der Waals surface area contributed by atoms with Gasteiger partial charge in [0.1, 0.15) is 5.25 Å². The summed E-state index contributed by atoms with van der Waals surface area (Å²) in [6.45, 7) is 0. The topological polar surface area (TPSA) is 80.3 Å². The van der Waals surface area contributed by atoms with Gasteiger partial charge in [0.05, 0.1) is 17.2 Å². The van der Waals surface area contributed by atoms with Gasteiger partial charge in [-0.05, 0) is 30.5 Å². The van der Waals surface area contributed by atoms with Gasteiger partial charge in [-0.3, -0.25) is 9.59 Å². The Bertz CT molecular complexity index is 742. The van der Waals surface area contributed by atoms with E-state index in [1.165, 1.54) is 6.07 Å². The molecule has 0 radical (unpaired) electrons. The number of ketones is 1. The van der Waals surface area contributed by atoms with E-state index in [2.05, 4.69) is 5.32 Å². The molecule has 112 valence electrons. The van der Waals surface area contributed by atoms with Crippen LogP contribution < -0.4 is 5.32 Å². The smallest absolute Gasteiger partial charge is 0.228 e. The number of sulfone groups is 1. The second-order valence-electron chi connectivity index (χ2n) is 5.43. The quantitative estimate of drug-likeness (QED) is 0.842. The lowest BCUT2D eigenvalue weighted by Crippen LogP contribution is -2.35. The van der Waals surface area contributed by atoms with Crippen molar-refractivity contribution in [3.8, 4) is 0 Å². The van der Waals surface area contributed by atoms with Crippen molar-refractivity contribution in [1.82, 2.24) is 0 Å². The summed E-state index contributed by atoms with van der Waals surface area (Å²) in [6.07, 6.45) is 1.84. The minimum Gasteiger partial charge on any atom is -0.325 e. The van der Waals surface area contributed by atoms with Gasteiger partial charge in [0, 0.05) is 11.3 Å². The average Bonchev–Trinajstić information content (AvgIpc) is 2.75. The Morgan fingerprint density at radius 3 is 2.76 bits per heavy atom. The highest BCUT2D eigenvalue weighted by Crippen LogP contribution is 2.32. The van der Waals surface area contributed by atoms with Gasteiger partial charge in [0.2, 0.25) is 5.91 Å². The molecule has 1 unspecified atom stereocenters. The number of carbonyl (C=O) groups excluding carboxylic acids is 2. The zero-order valence-electron chi connectivity index (χ0n) is 11.2. The highest BCUT2D eigenvalue weighted by Gasteiger charge is 2.36. The minimum atomic E-state index is -3.40. The first kappa shape index (κ1) is 14.5. The van der Waals surface area contributed by atoms with Gasteiger partial charge in [0.25, 0.3) is 0 Å². The summed E-state index contributed by atoms with van der Waals surface area (Å²) >= 11 is 6.10. The average molecular weight is 328 g/mol. The van der Waals surface area contributed by atoms with E-state index < -0.39 is 20.9 Å². The van der Waals surface area contributed by atoms with Gasteiger partial charge in [-0.1, -0.05) is 18.0 Å². The number of hydrogen-bond donors (Lipinski definition) is 1. The third-order valence-corrected chi connectivity index (χ3v) is 6.44. The number of rotatable bonds is 2. The van der Waals surface area contributed by atoms with Crippen LogP contribution in [-0.4, -0.2) is 31.1 Å². The third-order valence-electron chi connectivity index (χ3n) is 3.95. The molecular weight excluding hydrogens is 314 g/mol. The highest BCUT2D eigenvalue weighted by atomic mass is 35.5. The number of halogens is 1. The number of benzene rings is 1.